The quantitative estimate of drug-likeness (QED) is 0.401. The Balaban J connectivity index is 2.08. The third-order valence-electron chi connectivity index (χ3n) is 6.30. The molecular formula is C28H33N3O6S. The number of nitrogens with zero attached hydrogens (tertiary/aromatic N) is 2. The fourth-order valence-corrected chi connectivity index (χ4v) is 5.41. The van der Waals surface area contributed by atoms with Gasteiger partial charge in [-0.1, -0.05) is 36.4 Å². The van der Waals surface area contributed by atoms with Crippen molar-refractivity contribution in [1.29, 1.82) is 0 Å². The van der Waals surface area contributed by atoms with Crippen LogP contribution in [0, 0.1) is 6.92 Å². The molecule has 0 aliphatic rings. The normalized spacial score (nSPS) is 11.8. The Hall–Kier alpha value is -4.05. The fourth-order valence-electron chi connectivity index (χ4n) is 3.99. The van der Waals surface area contributed by atoms with E-state index in [1.165, 1.54) is 50.4 Å². The number of hydrogen-bond donors (Lipinski definition) is 1. The van der Waals surface area contributed by atoms with Crippen molar-refractivity contribution in [3.05, 3.63) is 83.9 Å². The molecule has 9 nitrogen and oxygen atoms in total. The van der Waals surface area contributed by atoms with E-state index in [-0.39, 0.29) is 28.8 Å². The summed E-state index contributed by atoms with van der Waals surface area (Å²) in [6.07, 6.45) is 0. The second kappa shape index (κ2) is 12.5. The molecule has 0 aliphatic heterocycles. The molecule has 3 aromatic rings. The molecule has 1 atom stereocenters. The number of methoxy groups -OCH3 is 2. The molecule has 38 heavy (non-hydrogen) atoms. The van der Waals surface area contributed by atoms with Gasteiger partial charge in [0.15, 0.2) is 0 Å². The van der Waals surface area contributed by atoms with Crippen molar-refractivity contribution >= 4 is 27.5 Å². The molecule has 0 radical (unpaired) electrons. The predicted molar refractivity (Wildman–Crippen MR) is 146 cm³/mol. The Labute approximate surface area is 224 Å². The highest BCUT2D eigenvalue weighted by Gasteiger charge is 2.33. The van der Waals surface area contributed by atoms with Gasteiger partial charge in [-0.15, -0.1) is 0 Å². The Morgan fingerprint density at radius 3 is 2.16 bits per heavy atom. The topological polar surface area (TPSA) is 105 Å². The number of ether oxygens (including phenoxy) is 2. The van der Waals surface area contributed by atoms with Gasteiger partial charge >= 0.3 is 0 Å². The van der Waals surface area contributed by atoms with E-state index in [9.17, 15) is 18.0 Å². The zero-order valence-electron chi connectivity index (χ0n) is 22.2. The van der Waals surface area contributed by atoms with Crippen LogP contribution in [0.3, 0.4) is 0 Å². The monoisotopic (exact) mass is 539 g/mol. The number of hydrogen-bond acceptors (Lipinski definition) is 6. The molecule has 0 spiro atoms. The van der Waals surface area contributed by atoms with Crippen LogP contribution < -0.4 is 19.1 Å². The average Bonchev–Trinajstić information content (AvgIpc) is 2.94. The second-order valence-electron chi connectivity index (χ2n) is 8.60. The summed E-state index contributed by atoms with van der Waals surface area (Å²) in [5, 5.41) is 2.57. The fraction of sp³-hybridized carbons (Fsp3) is 0.286. The van der Waals surface area contributed by atoms with E-state index in [4.69, 9.17) is 9.47 Å². The van der Waals surface area contributed by atoms with Crippen LogP contribution >= 0.6 is 0 Å². The van der Waals surface area contributed by atoms with E-state index in [1.54, 1.807) is 31.2 Å². The van der Waals surface area contributed by atoms with Crippen LogP contribution in [0.15, 0.2) is 77.7 Å². The molecule has 1 N–H and O–H groups in total. The average molecular weight is 540 g/mol. The van der Waals surface area contributed by atoms with Crippen LogP contribution in [0.25, 0.3) is 0 Å². The number of para-hydroxylation sites is 2. The number of carbonyl (C=O) groups is 2. The van der Waals surface area contributed by atoms with Crippen LogP contribution in [-0.4, -0.2) is 59.0 Å². The predicted octanol–water partition coefficient (Wildman–Crippen LogP) is 3.37. The van der Waals surface area contributed by atoms with Gasteiger partial charge in [-0.2, -0.15) is 0 Å². The first kappa shape index (κ1) is 28.5. The smallest absolute Gasteiger partial charge is 0.264 e. The summed E-state index contributed by atoms with van der Waals surface area (Å²) in [5.41, 5.74) is 1.99. The number of carbonyl (C=O) groups excluding carboxylic acids is 2. The molecule has 0 aliphatic carbocycles. The van der Waals surface area contributed by atoms with Crippen molar-refractivity contribution in [3.63, 3.8) is 0 Å². The molecule has 0 bridgehead atoms. The van der Waals surface area contributed by atoms with Crippen molar-refractivity contribution in [3.8, 4) is 11.5 Å². The maximum absolute atomic E-state index is 13.9. The third-order valence-corrected chi connectivity index (χ3v) is 8.07. The molecule has 0 saturated heterocycles. The second-order valence-corrected chi connectivity index (χ2v) is 10.5. The lowest BCUT2D eigenvalue weighted by molar-refractivity contribution is -0.139. The summed E-state index contributed by atoms with van der Waals surface area (Å²) in [5.74, 6) is -0.143. The van der Waals surface area contributed by atoms with Gasteiger partial charge in [0.25, 0.3) is 10.0 Å². The molecule has 0 fully saturated rings. The Morgan fingerprint density at radius 2 is 1.55 bits per heavy atom. The minimum absolute atomic E-state index is 0.0261. The Kier molecular flexibility index (Phi) is 9.35. The van der Waals surface area contributed by atoms with Gasteiger partial charge in [-0.25, -0.2) is 8.42 Å². The summed E-state index contributed by atoms with van der Waals surface area (Å²) in [4.78, 5) is 27.8. The van der Waals surface area contributed by atoms with Gasteiger partial charge in [0, 0.05) is 13.6 Å². The van der Waals surface area contributed by atoms with Gasteiger partial charge in [0.05, 0.1) is 24.8 Å². The summed E-state index contributed by atoms with van der Waals surface area (Å²) in [6.45, 7) is 3.10. The third kappa shape index (κ3) is 6.25. The van der Waals surface area contributed by atoms with Crippen molar-refractivity contribution in [2.24, 2.45) is 0 Å². The van der Waals surface area contributed by atoms with E-state index in [2.05, 4.69) is 5.32 Å². The number of likely N-dealkylation sites (N-methyl/N-ethyl adjacent to an activating group) is 1. The molecule has 0 aromatic heterocycles. The van der Waals surface area contributed by atoms with E-state index < -0.39 is 28.5 Å². The van der Waals surface area contributed by atoms with Crippen molar-refractivity contribution < 1.29 is 27.5 Å². The van der Waals surface area contributed by atoms with Crippen LogP contribution in [-0.2, 0) is 26.2 Å². The SMILES string of the molecule is CNC(=O)[C@@H](C)N(Cc1ccccc1C)C(=O)CN(c1ccccc1OC)S(=O)(=O)c1ccc(OC)cc1. The van der Waals surface area contributed by atoms with E-state index in [0.29, 0.717) is 5.75 Å². The molecule has 3 aromatic carbocycles. The zero-order chi connectivity index (χ0) is 27.9. The standard InChI is InChI=1S/C28H33N3O6S/c1-20-10-6-7-11-22(20)18-30(21(2)28(33)29-3)27(32)19-31(25-12-8-9-13-26(25)37-5)38(34,35)24-16-14-23(36-4)15-17-24/h6-17,21H,18-19H2,1-5H3,(H,29,33)/t21-/m1/s1. The number of amides is 2. The maximum atomic E-state index is 13.9. The van der Waals surface area contributed by atoms with E-state index in [0.717, 1.165) is 15.4 Å². The first-order valence-electron chi connectivity index (χ1n) is 12.0. The van der Waals surface area contributed by atoms with Gasteiger partial charge in [0.2, 0.25) is 11.8 Å². The Morgan fingerprint density at radius 1 is 0.921 bits per heavy atom. The molecule has 0 saturated carbocycles. The largest absolute Gasteiger partial charge is 0.497 e. The van der Waals surface area contributed by atoms with Gasteiger partial charge in [-0.05, 0) is 61.4 Å². The van der Waals surface area contributed by atoms with Crippen LogP contribution in [0.2, 0.25) is 0 Å². The van der Waals surface area contributed by atoms with Crippen molar-refractivity contribution in [2.45, 2.75) is 31.3 Å². The molecular weight excluding hydrogens is 506 g/mol. The molecule has 3 rings (SSSR count). The number of rotatable bonds is 11. The van der Waals surface area contributed by atoms with Crippen LogP contribution in [0.4, 0.5) is 5.69 Å². The van der Waals surface area contributed by atoms with Crippen LogP contribution in [0.5, 0.6) is 11.5 Å². The van der Waals surface area contributed by atoms with Crippen LogP contribution in [0.1, 0.15) is 18.1 Å². The number of nitrogens with one attached hydrogen (secondary N) is 1. The zero-order valence-corrected chi connectivity index (χ0v) is 23.0. The lowest BCUT2D eigenvalue weighted by atomic mass is 10.1. The highest BCUT2D eigenvalue weighted by molar-refractivity contribution is 7.92. The minimum atomic E-state index is -4.22. The maximum Gasteiger partial charge on any atom is 0.264 e. The summed E-state index contributed by atoms with van der Waals surface area (Å²) in [6, 6.07) is 19.1. The first-order chi connectivity index (χ1) is 18.1. The Bertz CT molecular complexity index is 1380. The minimum Gasteiger partial charge on any atom is -0.497 e. The lowest BCUT2D eigenvalue weighted by Crippen LogP contribution is -2.50. The molecule has 0 unspecified atom stereocenters. The molecule has 10 heteroatoms. The van der Waals surface area contributed by atoms with Gasteiger partial charge < -0.3 is 19.7 Å². The summed E-state index contributed by atoms with van der Waals surface area (Å²) >= 11 is 0. The number of anilines is 1. The van der Waals surface area contributed by atoms with Gasteiger partial charge in [0.1, 0.15) is 24.1 Å². The van der Waals surface area contributed by atoms with Crippen molar-refractivity contribution in [1.82, 2.24) is 10.2 Å². The number of sulfonamides is 1. The van der Waals surface area contributed by atoms with Crippen molar-refractivity contribution in [2.75, 3.05) is 32.1 Å². The van der Waals surface area contributed by atoms with Gasteiger partial charge in [-0.3, -0.25) is 13.9 Å². The van der Waals surface area contributed by atoms with E-state index in [1.807, 2.05) is 31.2 Å². The highest BCUT2D eigenvalue weighted by atomic mass is 32.2. The molecule has 0 heterocycles. The number of aryl methyl sites for hydroxylation is 1. The molecule has 2 amide bonds. The summed E-state index contributed by atoms with van der Waals surface area (Å²) < 4.78 is 39.4. The molecule has 202 valence electrons. The number of benzene rings is 3. The van der Waals surface area contributed by atoms with E-state index >= 15 is 0 Å². The highest BCUT2D eigenvalue weighted by Crippen LogP contribution is 2.33. The first-order valence-corrected chi connectivity index (χ1v) is 13.4. The lowest BCUT2D eigenvalue weighted by Gasteiger charge is -2.32. The summed E-state index contributed by atoms with van der Waals surface area (Å²) in [7, 11) is 0.181.